The predicted octanol–water partition coefficient (Wildman–Crippen LogP) is 0.358. The van der Waals surface area contributed by atoms with Gasteiger partial charge in [0.1, 0.15) is 0 Å². The van der Waals surface area contributed by atoms with Crippen LogP contribution in [0.25, 0.3) is 0 Å². The maximum atomic E-state index is 11.1. The summed E-state index contributed by atoms with van der Waals surface area (Å²) < 4.78 is 4.60. The minimum atomic E-state index is -1.19. The second-order valence-corrected chi connectivity index (χ2v) is 2.63. The van der Waals surface area contributed by atoms with Crippen molar-refractivity contribution >= 4 is 11.9 Å². The number of hydrogen-bond acceptors (Lipinski definition) is 4. The topological polar surface area (TPSA) is 79.2 Å². The van der Waals surface area contributed by atoms with Crippen LogP contribution in [0.4, 0.5) is 0 Å². The fourth-order valence-electron chi connectivity index (χ4n) is 0.830. The van der Waals surface area contributed by atoms with Crippen molar-refractivity contribution in [1.29, 1.82) is 5.26 Å². The van der Waals surface area contributed by atoms with Gasteiger partial charge in [0.2, 0.25) is 11.9 Å². The molecule has 0 aliphatic rings. The number of rotatable bonds is 5. The number of carbonyl (C=O) groups is 2. The van der Waals surface area contributed by atoms with E-state index < -0.39 is 12.0 Å². The molecule has 1 unspecified atom stereocenters. The highest BCUT2D eigenvalue weighted by Gasteiger charge is 2.20. The third-order valence-electron chi connectivity index (χ3n) is 1.43. The monoisotopic (exact) mass is 198 g/mol. The summed E-state index contributed by atoms with van der Waals surface area (Å²) in [6, 6.07) is 0.483. The second kappa shape index (κ2) is 6.89. The number of amides is 1. The molecule has 0 heterocycles. The number of carbonyl (C=O) groups excluding carboxylic acids is 2. The Morgan fingerprint density at radius 3 is 2.57 bits per heavy atom. The van der Waals surface area contributed by atoms with E-state index in [2.05, 4.69) is 10.1 Å². The molecule has 1 amide bonds. The zero-order valence-corrected chi connectivity index (χ0v) is 8.37. The minimum Gasteiger partial charge on any atom is -0.464 e. The molecule has 0 radical (unpaired) electrons. The molecule has 5 heteroatoms. The van der Waals surface area contributed by atoms with Gasteiger partial charge in [-0.05, 0) is 13.3 Å². The number of nitrogens with zero attached hydrogens (tertiary/aromatic N) is 1. The molecular weight excluding hydrogens is 184 g/mol. The van der Waals surface area contributed by atoms with E-state index >= 15 is 0 Å². The van der Waals surface area contributed by atoms with Crippen LogP contribution in [-0.2, 0) is 14.3 Å². The minimum absolute atomic E-state index is 0.195. The first kappa shape index (κ1) is 12.4. The molecule has 0 bridgehead atoms. The highest BCUT2D eigenvalue weighted by Crippen LogP contribution is 1.91. The van der Waals surface area contributed by atoms with E-state index in [1.807, 2.05) is 6.92 Å². The summed E-state index contributed by atoms with van der Waals surface area (Å²) in [6.07, 6.45) is 0.977. The first-order chi connectivity index (χ1) is 6.65. The summed E-state index contributed by atoms with van der Waals surface area (Å²) in [6.45, 7) is 3.67. The van der Waals surface area contributed by atoms with Crippen LogP contribution >= 0.6 is 0 Å². The Hall–Kier alpha value is -1.57. The molecule has 0 aliphatic carbocycles. The van der Waals surface area contributed by atoms with Gasteiger partial charge in [-0.2, -0.15) is 5.26 Å². The van der Waals surface area contributed by atoms with Crippen LogP contribution in [0.3, 0.4) is 0 Å². The van der Waals surface area contributed by atoms with Crippen LogP contribution in [0.2, 0.25) is 0 Å². The zero-order chi connectivity index (χ0) is 11.0. The molecule has 1 atom stereocenters. The van der Waals surface area contributed by atoms with Gasteiger partial charge >= 0.3 is 5.97 Å². The number of esters is 1. The summed E-state index contributed by atoms with van der Waals surface area (Å²) in [5.74, 6) is -1.02. The van der Waals surface area contributed by atoms with Crippen LogP contribution in [0.1, 0.15) is 26.7 Å². The first-order valence-electron chi connectivity index (χ1n) is 4.51. The number of ether oxygens (including phenoxy) is 1. The highest BCUT2D eigenvalue weighted by atomic mass is 16.5. The van der Waals surface area contributed by atoms with E-state index in [0.717, 1.165) is 0 Å². The maximum absolute atomic E-state index is 11.1. The molecule has 0 aromatic carbocycles. The van der Waals surface area contributed by atoms with Crippen molar-refractivity contribution in [2.75, 3.05) is 6.61 Å². The molecular formula is C9H14N2O3. The van der Waals surface area contributed by atoms with E-state index in [-0.39, 0.29) is 12.5 Å². The van der Waals surface area contributed by atoms with Crippen LogP contribution in [0.15, 0.2) is 0 Å². The number of nitriles is 1. The van der Waals surface area contributed by atoms with Crippen molar-refractivity contribution in [2.45, 2.75) is 32.7 Å². The molecule has 0 aromatic heterocycles. The summed E-state index contributed by atoms with van der Waals surface area (Å²) in [5, 5.41) is 10.9. The Bertz CT molecular complexity index is 245. The van der Waals surface area contributed by atoms with Gasteiger partial charge in [-0.1, -0.05) is 6.92 Å². The van der Waals surface area contributed by atoms with E-state index in [9.17, 15) is 9.59 Å². The van der Waals surface area contributed by atoms with Crippen molar-refractivity contribution in [3.63, 3.8) is 0 Å². The van der Waals surface area contributed by atoms with E-state index in [1.54, 1.807) is 13.0 Å². The van der Waals surface area contributed by atoms with Gasteiger partial charge in [-0.3, -0.25) is 4.79 Å². The van der Waals surface area contributed by atoms with Gasteiger partial charge in [0.25, 0.3) is 0 Å². The molecule has 1 N–H and O–H groups in total. The normalized spacial score (nSPS) is 11.2. The fraction of sp³-hybridized carbons (Fsp3) is 0.667. The average Bonchev–Trinajstić information content (AvgIpc) is 2.15. The number of hydrogen-bond donors (Lipinski definition) is 1. The first-order valence-corrected chi connectivity index (χ1v) is 4.51. The van der Waals surface area contributed by atoms with Crippen LogP contribution in [0.5, 0.6) is 0 Å². The Morgan fingerprint density at radius 1 is 1.50 bits per heavy atom. The Kier molecular flexibility index (Phi) is 6.12. The third kappa shape index (κ3) is 4.45. The summed E-state index contributed by atoms with van der Waals surface area (Å²) >= 11 is 0. The van der Waals surface area contributed by atoms with Gasteiger partial charge in [-0.25, -0.2) is 4.79 Å². The maximum Gasteiger partial charge on any atom is 0.343 e. The largest absolute Gasteiger partial charge is 0.464 e. The SMILES string of the molecule is CCCC(=O)NC(C#N)C(=O)OCC. The molecule has 0 saturated carbocycles. The molecule has 0 spiro atoms. The molecule has 0 aromatic rings. The third-order valence-corrected chi connectivity index (χ3v) is 1.43. The van der Waals surface area contributed by atoms with Crippen LogP contribution < -0.4 is 5.32 Å². The van der Waals surface area contributed by atoms with Gasteiger partial charge in [0.05, 0.1) is 12.7 Å². The summed E-state index contributed by atoms with van der Waals surface area (Å²) in [5.41, 5.74) is 0. The smallest absolute Gasteiger partial charge is 0.343 e. The highest BCUT2D eigenvalue weighted by molar-refractivity contribution is 5.86. The molecule has 0 aliphatic heterocycles. The Labute approximate surface area is 83.0 Å². The summed E-state index contributed by atoms with van der Waals surface area (Å²) in [7, 11) is 0. The average molecular weight is 198 g/mol. The lowest BCUT2D eigenvalue weighted by atomic mass is 10.3. The van der Waals surface area contributed by atoms with Crippen LogP contribution in [-0.4, -0.2) is 24.5 Å². The lowest BCUT2D eigenvalue weighted by Gasteiger charge is -2.09. The molecule has 14 heavy (non-hydrogen) atoms. The van der Waals surface area contributed by atoms with Crippen molar-refractivity contribution in [1.82, 2.24) is 5.32 Å². The van der Waals surface area contributed by atoms with Crippen molar-refractivity contribution in [3.05, 3.63) is 0 Å². The molecule has 0 rings (SSSR count). The van der Waals surface area contributed by atoms with Crippen molar-refractivity contribution in [2.24, 2.45) is 0 Å². The van der Waals surface area contributed by atoms with Crippen molar-refractivity contribution < 1.29 is 14.3 Å². The van der Waals surface area contributed by atoms with Gasteiger partial charge < -0.3 is 10.1 Å². The zero-order valence-electron chi connectivity index (χ0n) is 8.37. The predicted molar refractivity (Wildman–Crippen MR) is 49.1 cm³/mol. The van der Waals surface area contributed by atoms with Gasteiger partial charge in [0, 0.05) is 6.42 Å². The van der Waals surface area contributed by atoms with E-state index in [4.69, 9.17) is 5.26 Å². The molecule has 0 saturated heterocycles. The molecule has 0 fully saturated rings. The van der Waals surface area contributed by atoms with Gasteiger partial charge in [0.15, 0.2) is 0 Å². The van der Waals surface area contributed by atoms with Gasteiger partial charge in [-0.15, -0.1) is 0 Å². The molecule has 78 valence electrons. The lowest BCUT2D eigenvalue weighted by molar-refractivity contribution is -0.145. The fourth-order valence-corrected chi connectivity index (χ4v) is 0.830. The summed E-state index contributed by atoms with van der Waals surface area (Å²) in [4.78, 5) is 22.1. The van der Waals surface area contributed by atoms with E-state index in [0.29, 0.717) is 12.8 Å². The van der Waals surface area contributed by atoms with Crippen LogP contribution in [0, 0.1) is 11.3 Å². The second-order valence-electron chi connectivity index (χ2n) is 2.63. The molecule has 5 nitrogen and oxygen atoms in total. The Balaban J connectivity index is 4.10. The van der Waals surface area contributed by atoms with E-state index in [1.165, 1.54) is 0 Å². The lowest BCUT2D eigenvalue weighted by Crippen LogP contribution is -2.40. The standard InChI is InChI=1S/C9H14N2O3/c1-3-5-8(12)11-7(6-10)9(13)14-4-2/h7H,3-5H2,1-2H3,(H,11,12). The Morgan fingerprint density at radius 2 is 2.14 bits per heavy atom. The quantitative estimate of drug-likeness (QED) is 0.647. The van der Waals surface area contributed by atoms with Crippen molar-refractivity contribution in [3.8, 4) is 6.07 Å². The number of nitrogens with one attached hydrogen (secondary N) is 1.